The molecule has 3 rings (SSSR count). The van der Waals surface area contributed by atoms with Crippen molar-refractivity contribution in [3.63, 3.8) is 0 Å². The van der Waals surface area contributed by atoms with Crippen molar-refractivity contribution >= 4 is 33.3 Å². The highest BCUT2D eigenvalue weighted by molar-refractivity contribution is 9.10. The minimum absolute atomic E-state index is 0.103. The summed E-state index contributed by atoms with van der Waals surface area (Å²) in [5.41, 5.74) is 3.17. The van der Waals surface area contributed by atoms with E-state index in [-0.39, 0.29) is 5.91 Å². The fourth-order valence-electron chi connectivity index (χ4n) is 2.34. The fraction of sp³-hybridized carbons (Fsp3) is 0.286. The number of hydrogen-bond acceptors (Lipinski definition) is 3. The zero-order valence-electron chi connectivity index (χ0n) is 11.1. The lowest BCUT2D eigenvalue weighted by molar-refractivity contribution is -0.129. The normalized spacial score (nSPS) is 14.0. The van der Waals surface area contributed by atoms with Gasteiger partial charge in [0.15, 0.2) is 5.82 Å². The molecule has 0 atom stereocenters. The number of aromatic nitrogens is 2. The molecule has 0 saturated heterocycles. The maximum absolute atomic E-state index is 11.5. The summed E-state index contributed by atoms with van der Waals surface area (Å²) >= 11 is 3.41. The predicted molar refractivity (Wildman–Crippen MR) is 80.8 cm³/mol. The molecule has 1 aliphatic heterocycles. The first-order valence-corrected chi connectivity index (χ1v) is 7.27. The van der Waals surface area contributed by atoms with Crippen LogP contribution in [0.25, 0.3) is 0 Å². The first kappa shape index (κ1) is 13.2. The number of fused-ring (bicyclic) bond motifs is 1. The van der Waals surface area contributed by atoms with Gasteiger partial charge in [-0.15, -0.1) is 0 Å². The maximum atomic E-state index is 11.5. The van der Waals surface area contributed by atoms with Crippen LogP contribution in [0.4, 0.5) is 11.5 Å². The minimum Gasteiger partial charge on any atom is -0.338 e. The van der Waals surface area contributed by atoms with Gasteiger partial charge in [0.1, 0.15) is 0 Å². The van der Waals surface area contributed by atoms with Gasteiger partial charge in [-0.3, -0.25) is 9.89 Å². The molecule has 0 aliphatic carbocycles. The van der Waals surface area contributed by atoms with E-state index in [2.05, 4.69) is 31.4 Å². The summed E-state index contributed by atoms with van der Waals surface area (Å²) in [5, 5.41) is 10.7. The average Bonchev–Trinajstić information content (AvgIpc) is 2.84. The number of nitrogens with one attached hydrogen (secondary N) is 2. The molecule has 20 heavy (non-hydrogen) atoms. The van der Waals surface area contributed by atoms with Gasteiger partial charge in [-0.25, -0.2) is 0 Å². The number of hydrogen-bond donors (Lipinski definition) is 2. The van der Waals surface area contributed by atoms with Gasteiger partial charge in [0.25, 0.3) is 0 Å². The van der Waals surface area contributed by atoms with Crippen molar-refractivity contribution in [3.05, 3.63) is 40.0 Å². The van der Waals surface area contributed by atoms with Crippen molar-refractivity contribution in [1.29, 1.82) is 0 Å². The van der Waals surface area contributed by atoms with Crippen LogP contribution in [0, 0.1) is 0 Å². The lowest BCUT2D eigenvalue weighted by atomic mass is 10.1. The third kappa shape index (κ3) is 2.56. The Hall–Kier alpha value is -1.82. The number of benzene rings is 1. The topological polar surface area (TPSA) is 61.0 Å². The molecule has 2 N–H and O–H groups in total. The van der Waals surface area contributed by atoms with Gasteiger partial charge in [-0.1, -0.05) is 15.9 Å². The molecule has 1 aromatic heterocycles. The number of anilines is 2. The van der Waals surface area contributed by atoms with E-state index in [0.29, 0.717) is 6.54 Å². The lowest BCUT2D eigenvalue weighted by Crippen LogP contribution is -2.34. The molecule has 0 radical (unpaired) electrons. The molecule has 2 heterocycles. The van der Waals surface area contributed by atoms with Crippen molar-refractivity contribution < 1.29 is 4.79 Å². The van der Waals surface area contributed by atoms with Gasteiger partial charge in [-0.05, 0) is 24.3 Å². The molecule has 0 spiro atoms. The van der Waals surface area contributed by atoms with Crippen LogP contribution in [-0.4, -0.2) is 27.5 Å². The quantitative estimate of drug-likeness (QED) is 0.887. The van der Waals surface area contributed by atoms with Gasteiger partial charge >= 0.3 is 0 Å². The Morgan fingerprint density at radius 1 is 1.40 bits per heavy atom. The summed E-state index contributed by atoms with van der Waals surface area (Å²) in [7, 11) is 0. The molecule has 104 valence electrons. The van der Waals surface area contributed by atoms with Crippen LogP contribution < -0.4 is 5.32 Å². The number of carbonyl (C=O) groups is 1. The zero-order valence-corrected chi connectivity index (χ0v) is 12.7. The highest BCUT2D eigenvalue weighted by Gasteiger charge is 2.23. The lowest BCUT2D eigenvalue weighted by Gasteiger charge is -2.25. The molecule has 0 bridgehead atoms. The molecule has 5 nitrogen and oxygen atoms in total. The number of H-pyrrole nitrogens is 1. The van der Waals surface area contributed by atoms with Crippen LogP contribution in [0.1, 0.15) is 18.2 Å². The summed E-state index contributed by atoms with van der Waals surface area (Å²) in [5.74, 6) is 0.903. The van der Waals surface area contributed by atoms with E-state index in [0.717, 1.165) is 40.2 Å². The van der Waals surface area contributed by atoms with Crippen LogP contribution in [0.2, 0.25) is 0 Å². The average molecular weight is 335 g/mol. The van der Waals surface area contributed by atoms with Crippen LogP contribution in [0.5, 0.6) is 0 Å². The van der Waals surface area contributed by atoms with Crippen LogP contribution in [-0.2, 0) is 17.8 Å². The smallest absolute Gasteiger partial charge is 0.219 e. The highest BCUT2D eigenvalue weighted by Crippen LogP contribution is 2.27. The number of amides is 1. The first-order valence-electron chi connectivity index (χ1n) is 6.47. The highest BCUT2D eigenvalue weighted by atomic mass is 79.9. The molecular weight excluding hydrogens is 320 g/mol. The predicted octanol–water partition coefficient (Wildman–Crippen LogP) is 2.82. The Labute approximate surface area is 125 Å². The van der Waals surface area contributed by atoms with Crippen LogP contribution in [0.3, 0.4) is 0 Å². The molecule has 2 aromatic rings. The van der Waals surface area contributed by atoms with E-state index >= 15 is 0 Å². The SMILES string of the molecule is CC(=O)N1CCc2[nH]nc(Nc3ccc(Br)cc3)c2C1. The molecule has 0 fully saturated rings. The third-order valence-electron chi connectivity index (χ3n) is 3.49. The summed E-state index contributed by atoms with van der Waals surface area (Å²) in [6.45, 7) is 2.97. The van der Waals surface area contributed by atoms with Crippen LogP contribution in [0.15, 0.2) is 28.7 Å². The van der Waals surface area contributed by atoms with Crippen molar-refractivity contribution in [1.82, 2.24) is 15.1 Å². The van der Waals surface area contributed by atoms with Gasteiger partial charge in [-0.2, -0.15) is 5.10 Å². The van der Waals surface area contributed by atoms with Gasteiger partial charge < -0.3 is 10.2 Å². The third-order valence-corrected chi connectivity index (χ3v) is 4.01. The molecule has 0 saturated carbocycles. The fourth-order valence-corrected chi connectivity index (χ4v) is 2.60. The second-order valence-corrected chi connectivity index (χ2v) is 5.77. The second kappa shape index (κ2) is 5.28. The second-order valence-electron chi connectivity index (χ2n) is 4.85. The van der Waals surface area contributed by atoms with Gasteiger partial charge in [0.2, 0.25) is 5.91 Å². The van der Waals surface area contributed by atoms with Crippen molar-refractivity contribution in [2.75, 3.05) is 11.9 Å². The Bertz CT molecular complexity index is 635. The van der Waals surface area contributed by atoms with Crippen molar-refractivity contribution in [2.45, 2.75) is 19.9 Å². The number of rotatable bonds is 2. The summed E-state index contributed by atoms with van der Waals surface area (Å²) in [6.07, 6.45) is 0.823. The van der Waals surface area contributed by atoms with E-state index in [1.165, 1.54) is 0 Å². The molecule has 0 unspecified atom stereocenters. The van der Waals surface area contributed by atoms with E-state index in [1.807, 2.05) is 29.2 Å². The Morgan fingerprint density at radius 2 is 2.15 bits per heavy atom. The molecule has 1 aliphatic rings. The summed E-state index contributed by atoms with van der Waals surface area (Å²) in [6, 6.07) is 7.92. The van der Waals surface area contributed by atoms with E-state index < -0.39 is 0 Å². The summed E-state index contributed by atoms with van der Waals surface area (Å²) < 4.78 is 1.04. The molecule has 1 amide bonds. The number of aromatic amines is 1. The Kier molecular flexibility index (Phi) is 3.48. The van der Waals surface area contributed by atoms with E-state index in [9.17, 15) is 4.79 Å². The molecule has 6 heteroatoms. The first-order chi connectivity index (χ1) is 9.63. The number of nitrogens with zero attached hydrogens (tertiary/aromatic N) is 2. The standard InChI is InChI=1S/C14H15BrN4O/c1-9(20)19-7-6-13-12(8-19)14(18-17-13)16-11-4-2-10(15)3-5-11/h2-5H,6-8H2,1H3,(H2,16,17,18). The molecule has 1 aromatic carbocycles. The van der Waals surface area contributed by atoms with E-state index in [4.69, 9.17) is 0 Å². The van der Waals surface area contributed by atoms with Gasteiger partial charge in [0.05, 0.1) is 6.54 Å². The van der Waals surface area contributed by atoms with E-state index in [1.54, 1.807) is 6.92 Å². The van der Waals surface area contributed by atoms with Crippen molar-refractivity contribution in [2.24, 2.45) is 0 Å². The number of carbonyl (C=O) groups excluding carboxylic acids is 1. The van der Waals surface area contributed by atoms with Crippen molar-refractivity contribution in [3.8, 4) is 0 Å². The largest absolute Gasteiger partial charge is 0.338 e. The molecular formula is C14H15BrN4O. The van der Waals surface area contributed by atoms with Gasteiger partial charge in [0, 0.05) is 41.3 Å². The summed E-state index contributed by atoms with van der Waals surface area (Å²) in [4.78, 5) is 13.3. The monoisotopic (exact) mass is 334 g/mol. The Balaban J connectivity index is 1.83. The Morgan fingerprint density at radius 3 is 2.85 bits per heavy atom. The minimum atomic E-state index is 0.103. The van der Waals surface area contributed by atoms with Crippen LogP contribution >= 0.6 is 15.9 Å². The zero-order chi connectivity index (χ0) is 14.1. The number of halogens is 1. The maximum Gasteiger partial charge on any atom is 0.219 e.